The maximum atomic E-state index is 12.3. The molecule has 4 heteroatoms. The van der Waals surface area contributed by atoms with Gasteiger partial charge in [-0.05, 0) is 25.3 Å². The van der Waals surface area contributed by atoms with E-state index in [0.29, 0.717) is 19.6 Å². The Bertz CT molecular complexity index is 380. The van der Waals surface area contributed by atoms with E-state index in [1.54, 1.807) is 14.0 Å². The number of methoxy groups -OCH3 is 1. The first-order chi connectivity index (χ1) is 9.21. The summed E-state index contributed by atoms with van der Waals surface area (Å²) in [7, 11) is 1.65. The van der Waals surface area contributed by atoms with Crippen LogP contribution in [0.3, 0.4) is 0 Å². The smallest absolute Gasteiger partial charge is 0.317 e. The van der Waals surface area contributed by atoms with E-state index in [4.69, 9.17) is 15.2 Å². The summed E-state index contributed by atoms with van der Waals surface area (Å²) >= 11 is 0. The lowest BCUT2D eigenvalue weighted by Crippen LogP contribution is -2.44. The highest BCUT2D eigenvalue weighted by Gasteiger charge is 2.39. The fraction of sp³-hybridized carbons (Fsp3) is 0.533. The minimum Gasteiger partial charge on any atom is -0.465 e. The zero-order chi connectivity index (χ0) is 14.1. The van der Waals surface area contributed by atoms with Gasteiger partial charge in [0, 0.05) is 20.3 Å². The van der Waals surface area contributed by atoms with Crippen LogP contribution in [0.5, 0.6) is 0 Å². The molecule has 0 aliphatic rings. The van der Waals surface area contributed by atoms with Gasteiger partial charge in [-0.15, -0.1) is 0 Å². The van der Waals surface area contributed by atoms with Gasteiger partial charge in [0.2, 0.25) is 0 Å². The highest BCUT2D eigenvalue weighted by atomic mass is 16.5. The van der Waals surface area contributed by atoms with Crippen molar-refractivity contribution in [3.8, 4) is 0 Å². The number of nitrogens with two attached hydrogens (primary N) is 1. The third kappa shape index (κ3) is 3.78. The maximum absolute atomic E-state index is 12.3. The van der Waals surface area contributed by atoms with Crippen LogP contribution in [0, 0.1) is 0 Å². The highest BCUT2D eigenvalue weighted by Crippen LogP contribution is 2.30. The van der Waals surface area contributed by atoms with Gasteiger partial charge in [-0.1, -0.05) is 30.3 Å². The zero-order valence-electron chi connectivity index (χ0n) is 11.7. The van der Waals surface area contributed by atoms with Gasteiger partial charge in [0.25, 0.3) is 0 Å². The van der Waals surface area contributed by atoms with Crippen LogP contribution in [0.1, 0.15) is 25.3 Å². The number of carbonyl (C=O) groups is 1. The van der Waals surface area contributed by atoms with Crippen LogP contribution >= 0.6 is 0 Å². The number of esters is 1. The van der Waals surface area contributed by atoms with E-state index in [1.807, 2.05) is 30.3 Å². The van der Waals surface area contributed by atoms with Crippen LogP contribution in [0.4, 0.5) is 0 Å². The van der Waals surface area contributed by atoms with Crippen LogP contribution in [-0.4, -0.2) is 32.8 Å². The lowest BCUT2D eigenvalue weighted by atomic mass is 9.76. The normalized spacial score (nSPS) is 13.8. The van der Waals surface area contributed by atoms with Gasteiger partial charge in [0.1, 0.15) is 5.41 Å². The molecular weight excluding hydrogens is 242 g/mol. The van der Waals surface area contributed by atoms with Gasteiger partial charge in [0.05, 0.1) is 6.61 Å². The molecule has 1 aromatic rings. The van der Waals surface area contributed by atoms with Gasteiger partial charge in [-0.25, -0.2) is 0 Å². The van der Waals surface area contributed by atoms with Crippen molar-refractivity contribution in [1.29, 1.82) is 0 Å². The summed E-state index contributed by atoms with van der Waals surface area (Å²) in [4.78, 5) is 12.3. The number of benzene rings is 1. The summed E-state index contributed by atoms with van der Waals surface area (Å²) < 4.78 is 10.3. The molecule has 2 N–H and O–H groups in total. The lowest BCUT2D eigenvalue weighted by Gasteiger charge is -2.30. The van der Waals surface area contributed by atoms with Crippen molar-refractivity contribution >= 4 is 5.97 Å². The van der Waals surface area contributed by atoms with Crippen molar-refractivity contribution in [2.24, 2.45) is 5.73 Å². The molecule has 0 heterocycles. The summed E-state index contributed by atoms with van der Waals surface area (Å²) in [5.74, 6) is -0.250. The molecular formula is C15H23NO3. The summed E-state index contributed by atoms with van der Waals surface area (Å²) in [5, 5.41) is 0. The fourth-order valence-electron chi connectivity index (χ4n) is 2.21. The number of hydrogen-bond acceptors (Lipinski definition) is 4. The van der Waals surface area contributed by atoms with Crippen molar-refractivity contribution < 1.29 is 14.3 Å². The van der Waals surface area contributed by atoms with Gasteiger partial charge in [0.15, 0.2) is 0 Å². The van der Waals surface area contributed by atoms with Crippen molar-refractivity contribution in [1.82, 2.24) is 0 Å². The Morgan fingerprint density at radius 3 is 2.53 bits per heavy atom. The molecule has 1 atom stereocenters. The zero-order valence-corrected chi connectivity index (χ0v) is 11.7. The molecule has 0 amide bonds. The first-order valence-corrected chi connectivity index (χ1v) is 6.63. The van der Waals surface area contributed by atoms with E-state index in [-0.39, 0.29) is 12.5 Å². The van der Waals surface area contributed by atoms with Crippen molar-refractivity contribution in [3.63, 3.8) is 0 Å². The summed E-state index contributed by atoms with van der Waals surface area (Å²) in [5.41, 5.74) is 6.05. The first kappa shape index (κ1) is 15.7. The Morgan fingerprint density at radius 2 is 2.00 bits per heavy atom. The van der Waals surface area contributed by atoms with Crippen LogP contribution < -0.4 is 5.73 Å². The molecule has 0 spiro atoms. The van der Waals surface area contributed by atoms with Crippen LogP contribution in [0.25, 0.3) is 0 Å². The summed E-state index contributed by atoms with van der Waals surface area (Å²) in [6, 6.07) is 9.60. The lowest BCUT2D eigenvalue weighted by molar-refractivity contribution is -0.150. The van der Waals surface area contributed by atoms with Crippen molar-refractivity contribution in [2.75, 3.05) is 26.9 Å². The predicted octanol–water partition coefficient (Wildman–Crippen LogP) is 1.87. The molecule has 106 valence electrons. The molecule has 1 aromatic carbocycles. The second-order valence-corrected chi connectivity index (χ2v) is 4.47. The van der Waals surface area contributed by atoms with E-state index in [9.17, 15) is 4.79 Å². The van der Waals surface area contributed by atoms with Crippen LogP contribution in [0.15, 0.2) is 30.3 Å². The van der Waals surface area contributed by atoms with Gasteiger partial charge in [-0.3, -0.25) is 4.79 Å². The molecule has 0 radical (unpaired) electrons. The first-order valence-electron chi connectivity index (χ1n) is 6.63. The van der Waals surface area contributed by atoms with E-state index < -0.39 is 5.41 Å². The molecule has 0 aliphatic carbocycles. The van der Waals surface area contributed by atoms with E-state index in [2.05, 4.69) is 0 Å². The Hall–Kier alpha value is -1.39. The van der Waals surface area contributed by atoms with E-state index >= 15 is 0 Å². The topological polar surface area (TPSA) is 61.5 Å². The molecule has 0 saturated carbocycles. The SMILES string of the molecule is CCOC(=O)C(CN)(CCCOC)c1ccccc1. The average Bonchev–Trinajstić information content (AvgIpc) is 2.45. The van der Waals surface area contributed by atoms with Crippen molar-refractivity contribution in [2.45, 2.75) is 25.2 Å². The maximum Gasteiger partial charge on any atom is 0.317 e. The molecule has 0 aliphatic heterocycles. The molecule has 0 fully saturated rings. The van der Waals surface area contributed by atoms with Crippen molar-refractivity contribution in [3.05, 3.63) is 35.9 Å². The standard InChI is InChI=1S/C15H23NO3/c1-3-19-14(17)15(12-16,10-7-11-18-2)13-8-5-4-6-9-13/h4-6,8-9H,3,7,10-12,16H2,1-2H3. The number of carbonyl (C=O) groups excluding carboxylic acids is 1. The van der Waals surface area contributed by atoms with Crippen LogP contribution in [-0.2, 0) is 19.7 Å². The Labute approximate surface area is 114 Å². The van der Waals surface area contributed by atoms with Crippen LogP contribution in [0.2, 0.25) is 0 Å². The second kappa shape index (κ2) is 7.92. The minimum atomic E-state index is -0.768. The van der Waals surface area contributed by atoms with E-state index in [1.165, 1.54) is 0 Å². The predicted molar refractivity (Wildman–Crippen MR) is 74.9 cm³/mol. The molecule has 0 aromatic heterocycles. The van der Waals surface area contributed by atoms with Gasteiger partial charge in [-0.2, -0.15) is 0 Å². The molecule has 1 rings (SSSR count). The third-order valence-electron chi connectivity index (χ3n) is 3.29. The third-order valence-corrected chi connectivity index (χ3v) is 3.29. The number of rotatable bonds is 8. The largest absolute Gasteiger partial charge is 0.465 e. The molecule has 19 heavy (non-hydrogen) atoms. The number of ether oxygens (including phenoxy) is 2. The molecule has 1 unspecified atom stereocenters. The monoisotopic (exact) mass is 265 g/mol. The fourth-order valence-corrected chi connectivity index (χ4v) is 2.21. The molecule has 4 nitrogen and oxygen atoms in total. The summed E-state index contributed by atoms with van der Waals surface area (Å²) in [6.07, 6.45) is 1.39. The quantitative estimate of drug-likeness (QED) is 0.576. The second-order valence-electron chi connectivity index (χ2n) is 4.47. The molecule has 0 bridgehead atoms. The number of hydrogen-bond donors (Lipinski definition) is 1. The van der Waals surface area contributed by atoms with E-state index in [0.717, 1.165) is 12.0 Å². The van der Waals surface area contributed by atoms with Gasteiger partial charge < -0.3 is 15.2 Å². The Balaban J connectivity index is 3.02. The Morgan fingerprint density at radius 1 is 1.32 bits per heavy atom. The average molecular weight is 265 g/mol. The molecule has 0 saturated heterocycles. The summed E-state index contributed by atoms with van der Waals surface area (Å²) in [6.45, 7) is 3.00. The Kier molecular flexibility index (Phi) is 6.53. The van der Waals surface area contributed by atoms with Gasteiger partial charge >= 0.3 is 5.97 Å². The minimum absolute atomic E-state index is 0.236. The highest BCUT2D eigenvalue weighted by molar-refractivity contribution is 5.83.